The van der Waals surface area contributed by atoms with E-state index in [0.717, 1.165) is 6.42 Å². The molecule has 0 atom stereocenters. The van der Waals surface area contributed by atoms with Crippen molar-refractivity contribution < 1.29 is 0 Å². The Labute approximate surface area is 105 Å². The third-order valence-corrected chi connectivity index (χ3v) is 2.50. The van der Waals surface area contributed by atoms with Gasteiger partial charge in [0.2, 0.25) is 0 Å². The van der Waals surface area contributed by atoms with Crippen LogP contribution < -0.4 is 16.6 Å². The molecule has 0 aromatic carbocycles. The molecule has 0 saturated carbocycles. The van der Waals surface area contributed by atoms with Gasteiger partial charge in [-0.05, 0) is 6.42 Å². The van der Waals surface area contributed by atoms with Gasteiger partial charge in [-0.3, -0.25) is 4.79 Å². The van der Waals surface area contributed by atoms with Gasteiger partial charge in [0.1, 0.15) is 5.02 Å². The first kappa shape index (κ1) is 13.7. The summed E-state index contributed by atoms with van der Waals surface area (Å²) in [4.78, 5) is 11.8. The first-order chi connectivity index (χ1) is 8.20. The highest BCUT2D eigenvalue weighted by Crippen LogP contribution is 2.14. The zero-order chi connectivity index (χ0) is 12.7. The van der Waals surface area contributed by atoms with E-state index >= 15 is 0 Å². The number of nitrogens with two attached hydrogens (primary N) is 1. The lowest BCUT2D eigenvalue weighted by atomic mass is 10.4. The number of anilines is 1. The molecule has 1 rings (SSSR count). The molecular formula is C11H17ClN4O. The van der Waals surface area contributed by atoms with Crippen LogP contribution in [-0.2, 0) is 6.54 Å². The highest BCUT2D eigenvalue weighted by molar-refractivity contribution is 6.32. The Hall–Kier alpha value is -1.33. The number of rotatable bonds is 6. The van der Waals surface area contributed by atoms with Crippen molar-refractivity contribution in [3.05, 3.63) is 33.7 Å². The molecule has 1 aromatic heterocycles. The Balaban J connectivity index is 2.78. The minimum Gasteiger partial charge on any atom is -0.379 e. The highest BCUT2D eigenvalue weighted by Gasteiger charge is 2.07. The van der Waals surface area contributed by atoms with Gasteiger partial charge < -0.3 is 11.1 Å². The first-order valence-corrected chi connectivity index (χ1v) is 5.93. The lowest BCUT2D eigenvalue weighted by Crippen LogP contribution is -2.24. The molecule has 1 heterocycles. The Morgan fingerprint density at radius 1 is 1.59 bits per heavy atom. The van der Waals surface area contributed by atoms with Gasteiger partial charge >= 0.3 is 0 Å². The number of halogens is 1. The van der Waals surface area contributed by atoms with E-state index in [1.807, 2.05) is 19.1 Å². The lowest BCUT2D eigenvalue weighted by Gasteiger charge is -2.08. The summed E-state index contributed by atoms with van der Waals surface area (Å²) in [6.45, 7) is 3.61. The van der Waals surface area contributed by atoms with Crippen LogP contribution in [0.4, 0.5) is 5.69 Å². The minimum atomic E-state index is -0.263. The fourth-order valence-electron chi connectivity index (χ4n) is 1.31. The number of hydrogen-bond acceptors (Lipinski definition) is 4. The van der Waals surface area contributed by atoms with Gasteiger partial charge in [-0.1, -0.05) is 30.7 Å². The van der Waals surface area contributed by atoms with Gasteiger partial charge in [0.05, 0.1) is 11.9 Å². The van der Waals surface area contributed by atoms with Crippen LogP contribution in [0.3, 0.4) is 0 Å². The van der Waals surface area contributed by atoms with Crippen LogP contribution in [-0.4, -0.2) is 22.9 Å². The standard InChI is InChI=1S/C11H17ClN4O/c1-2-7-16-11(17)10(12)9(8-15-16)14-6-4-3-5-13/h3-4,8,14H,2,5-7,13H2,1H3/b4-3+. The summed E-state index contributed by atoms with van der Waals surface area (Å²) in [5.41, 5.74) is 5.59. The van der Waals surface area contributed by atoms with Crippen LogP contribution in [0, 0.1) is 0 Å². The summed E-state index contributed by atoms with van der Waals surface area (Å²) >= 11 is 5.96. The summed E-state index contributed by atoms with van der Waals surface area (Å²) in [5, 5.41) is 7.22. The highest BCUT2D eigenvalue weighted by atomic mass is 35.5. The predicted octanol–water partition coefficient (Wildman–Crippen LogP) is 1.23. The molecule has 0 aliphatic rings. The fraction of sp³-hybridized carbons (Fsp3) is 0.455. The molecule has 1 aromatic rings. The average Bonchev–Trinajstić information content (AvgIpc) is 2.33. The van der Waals surface area contributed by atoms with Crippen molar-refractivity contribution in [3.8, 4) is 0 Å². The minimum absolute atomic E-state index is 0.176. The number of aromatic nitrogens is 2. The molecule has 0 bridgehead atoms. The monoisotopic (exact) mass is 256 g/mol. The van der Waals surface area contributed by atoms with Gasteiger partial charge in [0.15, 0.2) is 0 Å². The molecule has 3 N–H and O–H groups in total. The van der Waals surface area contributed by atoms with Crippen molar-refractivity contribution in [1.29, 1.82) is 0 Å². The topological polar surface area (TPSA) is 72.9 Å². The predicted molar refractivity (Wildman–Crippen MR) is 70.5 cm³/mol. The Morgan fingerprint density at radius 3 is 3.00 bits per heavy atom. The van der Waals surface area contributed by atoms with Crippen LogP contribution in [0.15, 0.2) is 23.1 Å². The van der Waals surface area contributed by atoms with Crippen molar-refractivity contribution in [1.82, 2.24) is 9.78 Å². The Bertz CT molecular complexity index is 442. The SMILES string of the molecule is CCCn1ncc(NC/C=C/CN)c(Cl)c1=O. The molecule has 5 nitrogen and oxygen atoms in total. The summed E-state index contributed by atoms with van der Waals surface area (Å²) in [6, 6.07) is 0. The molecule has 0 aliphatic heterocycles. The number of hydrogen-bond donors (Lipinski definition) is 2. The van der Waals surface area contributed by atoms with E-state index < -0.39 is 0 Å². The molecule has 94 valence electrons. The second-order valence-corrected chi connectivity index (χ2v) is 3.87. The van der Waals surface area contributed by atoms with Crippen molar-refractivity contribution in [2.45, 2.75) is 19.9 Å². The molecule has 0 unspecified atom stereocenters. The zero-order valence-corrected chi connectivity index (χ0v) is 10.6. The van der Waals surface area contributed by atoms with Crippen LogP contribution in [0.2, 0.25) is 5.02 Å². The maximum atomic E-state index is 11.8. The average molecular weight is 257 g/mol. The van der Waals surface area contributed by atoms with Gasteiger partial charge in [-0.25, -0.2) is 4.68 Å². The number of aryl methyl sites for hydroxylation is 1. The molecule has 0 saturated heterocycles. The summed E-state index contributed by atoms with van der Waals surface area (Å²) < 4.78 is 1.36. The van der Waals surface area contributed by atoms with Crippen LogP contribution in [0.25, 0.3) is 0 Å². The van der Waals surface area contributed by atoms with E-state index in [1.54, 1.807) is 6.20 Å². The summed E-state index contributed by atoms with van der Waals surface area (Å²) in [6.07, 6.45) is 6.10. The van der Waals surface area contributed by atoms with Crippen LogP contribution in [0.5, 0.6) is 0 Å². The number of nitrogens with one attached hydrogen (secondary N) is 1. The molecule has 0 radical (unpaired) electrons. The third-order valence-electron chi connectivity index (χ3n) is 2.13. The zero-order valence-electron chi connectivity index (χ0n) is 9.82. The second-order valence-electron chi connectivity index (χ2n) is 3.49. The van der Waals surface area contributed by atoms with Gasteiger partial charge in [-0.15, -0.1) is 0 Å². The van der Waals surface area contributed by atoms with Gasteiger partial charge in [0.25, 0.3) is 5.56 Å². The second kappa shape index (κ2) is 7.09. The van der Waals surface area contributed by atoms with E-state index in [9.17, 15) is 4.79 Å². The Morgan fingerprint density at radius 2 is 2.35 bits per heavy atom. The fourth-order valence-corrected chi connectivity index (χ4v) is 1.52. The van der Waals surface area contributed by atoms with E-state index in [-0.39, 0.29) is 10.6 Å². The van der Waals surface area contributed by atoms with Crippen LogP contribution in [0.1, 0.15) is 13.3 Å². The van der Waals surface area contributed by atoms with E-state index in [2.05, 4.69) is 10.4 Å². The van der Waals surface area contributed by atoms with Crippen molar-refractivity contribution in [2.75, 3.05) is 18.4 Å². The van der Waals surface area contributed by atoms with E-state index in [0.29, 0.717) is 25.3 Å². The maximum absolute atomic E-state index is 11.8. The lowest BCUT2D eigenvalue weighted by molar-refractivity contribution is 0.568. The first-order valence-electron chi connectivity index (χ1n) is 5.55. The molecule has 0 aliphatic carbocycles. The van der Waals surface area contributed by atoms with E-state index in [4.69, 9.17) is 17.3 Å². The molecular weight excluding hydrogens is 240 g/mol. The number of nitrogens with zero attached hydrogens (tertiary/aromatic N) is 2. The van der Waals surface area contributed by atoms with Crippen molar-refractivity contribution in [3.63, 3.8) is 0 Å². The van der Waals surface area contributed by atoms with Gasteiger partial charge in [0, 0.05) is 19.6 Å². The maximum Gasteiger partial charge on any atom is 0.287 e. The largest absolute Gasteiger partial charge is 0.379 e. The summed E-state index contributed by atoms with van der Waals surface area (Å²) in [5.74, 6) is 0. The normalized spacial score (nSPS) is 11.0. The Kier molecular flexibility index (Phi) is 5.72. The molecule has 0 fully saturated rings. The third kappa shape index (κ3) is 3.87. The van der Waals surface area contributed by atoms with E-state index in [1.165, 1.54) is 4.68 Å². The van der Waals surface area contributed by atoms with Crippen molar-refractivity contribution >= 4 is 17.3 Å². The van der Waals surface area contributed by atoms with Gasteiger partial charge in [-0.2, -0.15) is 5.10 Å². The molecule has 17 heavy (non-hydrogen) atoms. The summed E-state index contributed by atoms with van der Waals surface area (Å²) in [7, 11) is 0. The molecule has 6 heteroatoms. The molecule has 0 spiro atoms. The quantitative estimate of drug-likeness (QED) is 0.751. The van der Waals surface area contributed by atoms with Crippen LogP contribution >= 0.6 is 11.6 Å². The smallest absolute Gasteiger partial charge is 0.287 e. The van der Waals surface area contributed by atoms with Crippen molar-refractivity contribution in [2.24, 2.45) is 5.73 Å². The molecule has 0 amide bonds.